The maximum atomic E-state index is 12.1. The second-order valence-corrected chi connectivity index (χ2v) is 5.61. The minimum absolute atomic E-state index is 0.198. The van der Waals surface area contributed by atoms with Crippen molar-refractivity contribution in [3.05, 3.63) is 35.9 Å². The van der Waals surface area contributed by atoms with E-state index in [-0.39, 0.29) is 6.54 Å². The Bertz CT molecular complexity index is 465. The highest BCUT2D eigenvalue weighted by Crippen LogP contribution is 2.15. The van der Waals surface area contributed by atoms with Crippen LogP contribution in [0.25, 0.3) is 0 Å². The van der Waals surface area contributed by atoms with Crippen LogP contribution in [0.15, 0.2) is 30.3 Å². The Labute approximate surface area is 119 Å². The molecule has 0 aliphatic rings. The van der Waals surface area contributed by atoms with Gasteiger partial charge >= 0.3 is 12.1 Å². The monoisotopic (exact) mass is 279 g/mol. The SMILES string of the molecule is C[C@H](C(=O)O)N(Cc1ccccc1)C(=O)OC(C)(C)C. The number of amides is 1. The molecule has 0 aromatic heterocycles. The van der Waals surface area contributed by atoms with Gasteiger partial charge in [0.25, 0.3) is 0 Å². The molecule has 5 nitrogen and oxygen atoms in total. The van der Waals surface area contributed by atoms with Gasteiger partial charge in [-0.15, -0.1) is 0 Å². The Morgan fingerprint density at radius 1 is 1.25 bits per heavy atom. The first-order valence-electron chi connectivity index (χ1n) is 6.47. The summed E-state index contributed by atoms with van der Waals surface area (Å²) in [6.45, 7) is 6.91. The lowest BCUT2D eigenvalue weighted by Crippen LogP contribution is -2.45. The summed E-state index contributed by atoms with van der Waals surface area (Å²) in [7, 11) is 0. The Morgan fingerprint density at radius 3 is 2.25 bits per heavy atom. The van der Waals surface area contributed by atoms with Crippen molar-refractivity contribution < 1.29 is 19.4 Å². The molecule has 1 rings (SSSR count). The number of carbonyl (C=O) groups excluding carboxylic acids is 1. The molecule has 5 heteroatoms. The molecule has 0 fully saturated rings. The maximum absolute atomic E-state index is 12.1. The molecule has 1 N–H and O–H groups in total. The van der Waals surface area contributed by atoms with E-state index in [1.54, 1.807) is 20.8 Å². The van der Waals surface area contributed by atoms with E-state index in [0.717, 1.165) is 5.56 Å². The van der Waals surface area contributed by atoms with Crippen LogP contribution >= 0.6 is 0 Å². The molecule has 0 aliphatic carbocycles. The van der Waals surface area contributed by atoms with Crippen LogP contribution in [0.5, 0.6) is 0 Å². The lowest BCUT2D eigenvalue weighted by molar-refractivity contribution is -0.142. The molecule has 1 aromatic rings. The third-order valence-corrected chi connectivity index (χ3v) is 2.65. The van der Waals surface area contributed by atoms with E-state index in [0.29, 0.717) is 0 Å². The molecule has 1 atom stereocenters. The van der Waals surface area contributed by atoms with Crippen LogP contribution in [0.4, 0.5) is 4.79 Å². The number of hydrogen-bond donors (Lipinski definition) is 1. The van der Waals surface area contributed by atoms with Crippen LogP contribution in [0.2, 0.25) is 0 Å². The van der Waals surface area contributed by atoms with Crippen molar-refractivity contribution >= 4 is 12.1 Å². The summed E-state index contributed by atoms with van der Waals surface area (Å²) in [6, 6.07) is 8.27. The topological polar surface area (TPSA) is 66.8 Å². The summed E-state index contributed by atoms with van der Waals surface area (Å²) in [4.78, 5) is 24.5. The number of benzene rings is 1. The predicted octanol–water partition coefficient (Wildman–Crippen LogP) is 2.90. The normalized spacial score (nSPS) is 12.6. The second kappa shape index (κ2) is 6.41. The molecular weight excluding hydrogens is 258 g/mol. The Hall–Kier alpha value is -2.04. The first kappa shape index (κ1) is 16.0. The van der Waals surface area contributed by atoms with E-state index in [4.69, 9.17) is 9.84 Å². The van der Waals surface area contributed by atoms with E-state index in [2.05, 4.69) is 0 Å². The highest BCUT2D eigenvalue weighted by Gasteiger charge is 2.29. The fourth-order valence-corrected chi connectivity index (χ4v) is 1.59. The lowest BCUT2D eigenvalue weighted by atomic mass is 10.2. The molecule has 0 aliphatic heterocycles. The molecule has 110 valence electrons. The van der Waals surface area contributed by atoms with E-state index >= 15 is 0 Å². The molecule has 1 aromatic carbocycles. The first-order valence-corrected chi connectivity index (χ1v) is 6.47. The lowest BCUT2D eigenvalue weighted by Gasteiger charge is -2.29. The molecule has 20 heavy (non-hydrogen) atoms. The molecular formula is C15H21NO4. The minimum Gasteiger partial charge on any atom is -0.480 e. The predicted molar refractivity (Wildman–Crippen MR) is 75.3 cm³/mol. The standard InChI is InChI=1S/C15H21NO4/c1-11(13(17)18)16(14(19)20-15(2,3)4)10-12-8-6-5-7-9-12/h5-9,11H,10H2,1-4H3,(H,17,18)/t11-/m1/s1. The van der Waals surface area contributed by atoms with Gasteiger partial charge in [0, 0.05) is 6.54 Å². The van der Waals surface area contributed by atoms with Crippen molar-refractivity contribution in [3.63, 3.8) is 0 Å². The van der Waals surface area contributed by atoms with Gasteiger partial charge in [0.05, 0.1) is 0 Å². The third-order valence-electron chi connectivity index (χ3n) is 2.65. The molecule has 0 unspecified atom stereocenters. The van der Waals surface area contributed by atoms with Crippen LogP contribution in [0.3, 0.4) is 0 Å². The van der Waals surface area contributed by atoms with Crippen LogP contribution in [0, 0.1) is 0 Å². The Kier molecular flexibility index (Phi) is 5.13. The first-order chi connectivity index (χ1) is 9.20. The molecule has 0 radical (unpaired) electrons. The van der Waals surface area contributed by atoms with Crippen LogP contribution in [-0.4, -0.2) is 33.7 Å². The second-order valence-electron chi connectivity index (χ2n) is 5.61. The van der Waals surface area contributed by atoms with Gasteiger partial charge < -0.3 is 9.84 Å². The zero-order valence-corrected chi connectivity index (χ0v) is 12.3. The summed E-state index contributed by atoms with van der Waals surface area (Å²) < 4.78 is 5.27. The Morgan fingerprint density at radius 2 is 1.80 bits per heavy atom. The highest BCUT2D eigenvalue weighted by molar-refractivity contribution is 5.79. The average molecular weight is 279 g/mol. The van der Waals surface area contributed by atoms with Crippen molar-refractivity contribution in [1.82, 2.24) is 4.90 Å². The third kappa shape index (κ3) is 4.91. The van der Waals surface area contributed by atoms with Crippen molar-refractivity contribution in [2.24, 2.45) is 0 Å². The maximum Gasteiger partial charge on any atom is 0.411 e. The van der Waals surface area contributed by atoms with Crippen LogP contribution < -0.4 is 0 Å². The average Bonchev–Trinajstić information content (AvgIpc) is 2.34. The summed E-state index contributed by atoms with van der Waals surface area (Å²) in [5, 5.41) is 9.13. The zero-order chi connectivity index (χ0) is 15.3. The summed E-state index contributed by atoms with van der Waals surface area (Å²) in [6.07, 6.45) is -0.628. The number of ether oxygens (including phenoxy) is 1. The Balaban J connectivity index is 2.91. The quantitative estimate of drug-likeness (QED) is 0.920. The number of carboxylic acids is 1. The van der Waals surface area contributed by atoms with Crippen molar-refractivity contribution in [1.29, 1.82) is 0 Å². The molecule has 0 saturated heterocycles. The number of rotatable bonds is 4. The van der Waals surface area contributed by atoms with Crippen molar-refractivity contribution in [2.45, 2.75) is 45.9 Å². The minimum atomic E-state index is -1.06. The van der Waals surface area contributed by atoms with Gasteiger partial charge in [0.1, 0.15) is 11.6 Å². The number of hydrogen-bond acceptors (Lipinski definition) is 3. The van der Waals surface area contributed by atoms with E-state index in [9.17, 15) is 9.59 Å². The van der Waals surface area contributed by atoms with Gasteiger partial charge in [-0.3, -0.25) is 4.90 Å². The van der Waals surface area contributed by atoms with Gasteiger partial charge in [-0.25, -0.2) is 9.59 Å². The van der Waals surface area contributed by atoms with Gasteiger partial charge in [-0.1, -0.05) is 30.3 Å². The molecule has 0 bridgehead atoms. The molecule has 1 amide bonds. The number of carboxylic acid groups (broad SMARTS) is 1. The van der Waals surface area contributed by atoms with E-state index in [1.165, 1.54) is 11.8 Å². The van der Waals surface area contributed by atoms with Crippen LogP contribution in [-0.2, 0) is 16.1 Å². The van der Waals surface area contributed by atoms with Gasteiger partial charge in [-0.2, -0.15) is 0 Å². The fraction of sp³-hybridized carbons (Fsp3) is 0.467. The summed E-state index contributed by atoms with van der Waals surface area (Å²) >= 11 is 0. The van der Waals surface area contributed by atoms with Gasteiger partial charge in [-0.05, 0) is 33.3 Å². The number of aliphatic carboxylic acids is 1. The van der Waals surface area contributed by atoms with E-state index < -0.39 is 23.7 Å². The van der Waals surface area contributed by atoms with Crippen molar-refractivity contribution in [2.75, 3.05) is 0 Å². The highest BCUT2D eigenvalue weighted by atomic mass is 16.6. The van der Waals surface area contributed by atoms with Crippen molar-refractivity contribution in [3.8, 4) is 0 Å². The molecule has 0 saturated carbocycles. The number of carbonyl (C=O) groups is 2. The van der Waals surface area contributed by atoms with Gasteiger partial charge in [0.2, 0.25) is 0 Å². The van der Waals surface area contributed by atoms with Gasteiger partial charge in [0.15, 0.2) is 0 Å². The molecule has 0 spiro atoms. The van der Waals surface area contributed by atoms with E-state index in [1.807, 2.05) is 30.3 Å². The zero-order valence-electron chi connectivity index (χ0n) is 12.3. The largest absolute Gasteiger partial charge is 0.480 e. The van der Waals surface area contributed by atoms with Crippen LogP contribution in [0.1, 0.15) is 33.3 Å². The molecule has 0 heterocycles. The number of nitrogens with zero attached hydrogens (tertiary/aromatic N) is 1. The summed E-state index contributed by atoms with van der Waals surface area (Å²) in [5.41, 5.74) is 0.191. The summed E-state index contributed by atoms with van der Waals surface area (Å²) in [5.74, 6) is -1.06. The smallest absolute Gasteiger partial charge is 0.411 e. The fourth-order valence-electron chi connectivity index (χ4n) is 1.59.